The second-order valence-corrected chi connectivity index (χ2v) is 2.63. The summed E-state index contributed by atoms with van der Waals surface area (Å²) in [5.74, 6) is 0. The standard InChI is InChI=1S/C6H3N3Se/c10-6-8-3-5-4(9-6)1-2-7-5/h1-3H. The van der Waals surface area contributed by atoms with Crippen molar-refractivity contribution in [3.63, 3.8) is 0 Å². The molecule has 0 aromatic rings. The maximum atomic E-state index is 4.11. The van der Waals surface area contributed by atoms with Gasteiger partial charge in [-0.05, 0) is 0 Å². The van der Waals surface area contributed by atoms with Gasteiger partial charge in [-0.15, -0.1) is 0 Å². The van der Waals surface area contributed by atoms with Gasteiger partial charge in [-0.1, -0.05) is 0 Å². The molecule has 0 fully saturated rings. The van der Waals surface area contributed by atoms with Crippen molar-refractivity contribution in [2.24, 2.45) is 15.0 Å². The Bertz CT molecular complexity index is 309. The molecule has 0 amide bonds. The van der Waals surface area contributed by atoms with Gasteiger partial charge in [-0.3, -0.25) is 0 Å². The van der Waals surface area contributed by atoms with E-state index in [2.05, 4.69) is 30.6 Å². The Balaban J connectivity index is 2.51. The summed E-state index contributed by atoms with van der Waals surface area (Å²) in [5, 5.41) is 0. The van der Waals surface area contributed by atoms with Gasteiger partial charge < -0.3 is 0 Å². The van der Waals surface area contributed by atoms with Crippen molar-refractivity contribution in [3.05, 3.63) is 12.3 Å². The second kappa shape index (κ2) is 2.08. The van der Waals surface area contributed by atoms with Crippen LogP contribution in [-0.2, 0) is 0 Å². The van der Waals surface area contributed by atoms with E-state index < -0.39 is 0 Å². The van der Waals surface area contributed by atoms with Crippen LogP contribution < -0.4 is 0 Å². The van der Waals surface area contributed by atoms with Gasteiger partial charge in [0.15, 0.2) is 0 Å². The minimum absolute atomic E-state index is 0.667. The van der Waals surface area contributed by atoms with Crippen molar-refractivity contribution in [1.29, 1.82) is 0 Å². The Hall–Kier alpha value is -0.861. The number of rotatable bonds is 0. The Kier molecular flexibility index (Phi) is 1.22. The van der Waals surface area contributed by atoms with Crippen LogP contribution in [0.4, 0.5) is 0 Å². The van der Waals surface area contributed by atoms with Crippen LogP contribution in [0.25, 0.3) is 0 Å². The van der Waals surface area contributed by atoms with Crippen LogP contribution in [0.15, 0.2) is 27.3 Å². The van der Waals surface area contributed by atoms with Crippen LogP contribution in [0.2, 0.25) is 0 Å². The summed E-state index contributed by atoms with van der Waals surface area (Å²) in [5.41, 5.74) is 1.74. The first kappa shape index (κ1) is 5.89. The van der Waals surface area contributed by atoms with Gasteiger partial charge in [-0.2, -0.15) is 0 Å². The zero-order chi connectivity index (χ0) is 6.97. The molecule has 2 heterocycles. The Labute approximate surface area is 65.6 Å². The molecule has 0 N–H and O–H groups in total. The van der Waals surface area contributed by atoms with Crippen LogP contribution in [-0.4, -0.2) is 37.9 Å². The molecule has 0 saturated heterocycles. The van der Waals surface area contributed by atoms with Gasteiger partial charge >= 0.3 is 65.1 Å². The molecule has 0 unspecified atom stereocenters. The summed E-state index contributed by atoms with van der Waals surface area (Å²) in [7, 11) is 0. The van der Waals surface area contributed by atoms with Crippen molar-refractivity contribution in [3.8, 4) is 0 Å². The summed E-state index contributed by atoms with van der Waals surface area (Å²) in [6.07, 6.45) is 5.28. The molecular formula is C6H3N3Se. The van der Waals surface area contributed by atoms with Crippen molar-refractivity contribution in [1.82, 2.24) is 0 Å². The van der Waals surface area contributed by atoms with Crippen LogP contribution in [0.5, 0.6) is 0 Å². The van der Waals surface area contributed by atoms with Crippen molar-refractivity contribution < 1.29 is 0 Å². The average molecular weight is 196 g/mol. The van der Waals surface area contributed by atoms with Gasteiger partial charge in [-0.25, -0.2) is 0 Å². The molecule has 0 aromatic heterocycles. The Morgan fingerprint density at radius 1 is 1.30 bits per heavy atom. The summed E-state index contributed by atoms with van der Waals surface area (Å²) in [6, 6.07) is 0. The molecule has 2 aliphatic heterocycles. The topological polar surface area (TPSA) is 37.1 Å². The number of hydrogen-bond acceptors (Lipinski definition) is 3. The molecule has 0 spiro atoms. The van der Waals surface area contributed by atoms with Gasteiger partial charge in [0.25, 0.3) is 0 Å². The average Bonchev–Trinajstić information content (AvgIpc) is 2.33. The monoisotopic (exact) mass is 197 g/mol. The van der Waals surface area contributed by atoms with Gasteiger partial charge in [0.1, 0.15) is 0 Å². The van der Waals surface area contributed by atoms with E-state index in [1.807, 2.05) is 6.08 Å². The van der Waals surface area contributed by atoms with E-state index in [0.29, 0.717) is 4.67 Å². The third kappa shape index (κ3) is 0.818. The molecule has 0 aromatic carbocycles. The zero-order valence-electron chi connectivity index (χ0n) is 4.98. The first-order valence-electron chi connectivity index (χ1n) is 2.78. The van der Waals surface area contributed by atoms with Crippen LogP contribution in [0.3, 0.4) is 0 Å². The molecule has 0 aliphatic carbocycles. The number of allylic oxidation sites excluding steroid dienone is 1. The second-order valence-electron chi connectivity index (χ2n) is 1.87. The zero-order valence-corrected chi connectivity index (χ0v) is 6.70. The summed E-state index contributed by atoms with van der Waals surface area (Å²) < 4.78 is 0.667. The molecule has 4 heteroatoms. The van der Waals surface area contributed by atoms with Gasteiger partial charge in [0, 0.05) is 0 Å². The van der Waals surface area contributed by atoms with E-state index in [0.717, 1.165) is 11.4 Å². The maximum absolute atomic E-state index is 4.11. The van der Waals surface area contributed by atoms with Crippen molar-refractivity contribution in [2.75, 3.05) is 0 Å². The molecule has 0 bridgehead atoms. The SMILES string of the molecule is [Se]=C1N=CC2=NC=CC2=N1. The quantitative estimate of drug-likeness (QED) is 0.478. The van der Waals surface area contributed by atoms with Gasteiger partial charge in [0.05, 0.1) is 0 Å². The Morgan fingerprint density at radius 3 is 3.10 bits per heavy atom. The van der Waals surface area contributed by atoms with Crippen LogP contribution in [0, 0.1) is 0 Å². The van der Waals surface area contributed by atoms with E-state index in [9.17, 15) is 0 Å². The fourth-order valence-electron chi connectivity index (χ4n) is 0.782. The number of aliphatic imine (C=N–C) groups is 3. The first-order valence-corrected chi connectivity index (χ1v) is 3.63. The van der Waals surface area contributed by atoms with Crippen molar-refractivity contribution >= 4 is 37.9 Å². The fraction of sp³-hybridized carbons (Fsp3) is 0. The first-order chi connectivity index (χ1) is 4.86. The predicted molar refractivity (Wildman–Crippen MR) is 43.3 cm³/mol. The van der Waals surface area contributed by atoms with E-state index in [1.165, 1.54) is 0 Å². The number of hydrogen-bond donors (Lipinski definition) is 0. The molecule has 2 rings (SSSR count). The third-order valence-corrected chi connectivity index (χ3v) is 1.63. The van der Waals surface area contributed by atoms with Crippen LogP contribution in [0.1, 0.15) is 0 Å². The van der Waals surface area contributed by atoms with E-state index in [4.69, 9.17) is 0 Å². The minimum atomic E-state index is 0.667. The van der Waals surface area contributed by atoms with Gasteiger partial charge in [0.2, 0.25) is 0 Å². The van der Waals surface area contributed by atoms with E-state index in [1.54, 1.807) is 12.4 Å². The molecule has 3 nitrogen and oxygen atoms in total. The van der Waals surface area contributed by atoms with E-state index in [-0.39, 0.29) is 0 Å². The molecule has 48 valence electrons. The summed E-state index contributed by atoms with van der Waals surface area (Å²) in [4.78, 5) is 12.1. The van der Waals surface area contributed by atoms with Crippen molar-refractivity contribution in [2.45, 2.75) is 0 Å². The van der Waals surface area contributed by atoms with E-state index >= 15 is 0 Å². The fourth-order valence-corrected chi connectivity index (χ4v) is 1.10. The summed E-state index contributed by atoms with van der Waals surface area (Å²) in [6.45, 7) is 0. The molecule has 2 aliphatic rings. The number of nitrogens with zero attached hydrogens (tertiary/aromatic N) is 3. The van der Waals surface area contributed by atoms with Crippen LogP contribution >= 0.6 is 0 Å². The molecular weight excluding hydrogens is 193 g/mol. The molecule has 0 saturated carbocycles. The Morgan fingerprint density at radius 2 is 2.20 bits per heavy atom. The molecule has 10 heavy (non-hydrogen) atoms. The number of fused-ring (bicyclic) bond motifs is 1. The third-order valence-electron chi connectivity index (χ3n) is 1.22. The molecule has 0 radical (unpaired) electrons. The predicted octanol–water partition coefficient (Wildman–Crippen LogP) is -0.264. The summed E-state index contributed by atoms with van der Waals surface area (Å²) >= 11 is 2.73. The normalized spacial score (nSPS) is 20.6. The molecule has 0 atom stereocenters.